The summed E-state index contributed by atoms with van der Waals surface area (Å²) in [5.41, 5.74) is 4.35. The fourth-order valence-corrected chi connectivity index (χ4v) is 12.7. The van der Waals surface area contributed by atoms with E-state index in [-0.39, 0.29) is 34.1 Å². The molecule has 4 bridgehead atoms. The third kappa shape index (κ3) is 8.70. The summed E-state index contributed by atoms with van der Waals surface area (Å²) in [6.45, 7) is 11.7. The van der Waals surface area contributed by atoms with Crippen LogP contribution in [-0.4, -0.2) is 106 Å². The van der Waals surface area contributed by atoms with Crippen molar-refractivity contribution in [3.8, 4) is 5.75 Å². The number of thiazole rings is 1. The molecule has 3 atom stereocenters. The van der Waals surface area contributed by atoms with Crippen molar-refractivity contribution in [2.45, 2.75) is 97.2 Å². The van der Waals surface area contributed by atoms with Crippen molar-refractivity contribution in [1.29, 1.82) is 5.41 Å². The zero-order chi connectivity index (χ0) is 43.2. The Bertz CT molecular complexity index is 2330. The van der Waals surface area contributed by atoms with Crippen LogP contribution in [0.3, 0.4) is 0 Å². The summed E-state index contributed by atoms with van der Waals surface area (Å²) < 4.78 is 13.2. The maximum atomic E-state index is 12.9. The number of nitrogens with zero attached hydrogens (tertiary/aromatic N) is 5. The second kappa shape index (κ2) is 16.9. The van der Waals surface area contributed by atoms with E-state index >= 15 is 0 Å². The topological polar surface area (TPSA) is 211 Å². The van der Waals surface area contributed by atoms with Gasteiger partial charge in [-0.2, -0.15) is 0 Å². The molecule has 1 aromatic carbocycles. The molecule has 326 valence electrons. The lowest BCUT2D eigenvalue weighted by Gasteiger charge is -2.69. The molecule has 61 heavy (non-hydrogen) atoms. The first kappa shape index (κ1) is 42.9. The Hall–Kier alpha value is -4.74. The number of allylic oxidation sites excluding steroid dienone is 2. The number of hydrogen-bond acceptors (Lipinski definition) is 15. The van der Waals surface area contributed by atoms with Gasteiger partial charge in [-0.25, -0.2) is 14.8 Å². The third-order valence-electron chi connectivity index (χ3n) is 13.3. The SMILES string of the molecule is COc1ccc2sc(Nc3nnc4c(c3C)CCCN4c3ccc(/C(C=N)=C(\C)NCC45CC6(C)CC(C)(C4)CC(OCCNCC[C@H](O)CO)(C6)C5)c(C(=O)O)n3)nc2c1. The number of hydrogen-bond donors (Lipinski definition) is 7. The van der Waals surface area contributed by atoms with Crippen LogP contribution < -0.4 is 25.6 Å². The van der Waals surface area contributed by atoms with Crippen LogP contribution in [0.25, 0.3) is 15.8 Å². The lowest BCUT2D eigenvalue weighted by molar-refractivity contribution is -0.242. The van der Waals surface area contributed by atoms with E-state index in [9.17, 15) is 15.0 Å². The molecule has 0 saturated heterocycles. The number of rotatable bonds is 18. The van der Waals surface area contributed by atoms with Crippen molar-refractivity contribution in [3.05, 3.63) is 58.4 Å². The average molecular weight is 854 g/mol. The van der Waals surface area contributed by atoms with E-state index in [0.717, 1.165) is 77.7 Å². The maximum Gasteiger partial charge on any atom is 0.355 e. The standard InChI is InChI=1S/C45H59N9O6S/c1-27-31-7-6-15-54(39(31)53-52-38(27)51-41-49-34-17-30(59-5)8-10-35(34)61-41)36-11-9-32(37(50-36)40(57)58)33(18-46)28(2)48-26-44-21-42(3)20-43(4,22-44)24-45(23-42,25-44)60-16-14-47-13-12-29(56)19-55/h8-11,17-18,29,46-48,55-56H,6-7,12-16,19-26H2,1-5H3,(H,57,58)(H,49,51,52)/b33-28+,46-18?/t29-,42?,43?,44?,45?/m0/s1. The van der Waals surface area contributed by atoms with Gasteiger partial charge in [0.25, 0.3) is 0 Å². The van der Waals surface area contributed by atoms with Gasteiger partial charge in [-0.05, 0) is 119 Å². The number of carboxylic acids is 1. The molecule has 3 aromatic heterocycles. The van der Waals surface area contributed by atoms with Crippen molar-refractivity contribution in [3.63, 3.8) is 0 Å². The molecule has 9 rings (SSSR count). The zero-order valence-corrected chi connectivity index (χ0v) is 36.7. The minimum atomic E-state index is -1.17. The third-order valence-corrected chi connectivity index (χ3v) is 14.3. The van der Waals surface area contributed by atoms with Crippen LogP contribution in [0.15, 0.2) is 36.0 Å². The fraction of sp³-hybridized carbons (Fsp3) is 0.556. The average Bonchev–Trinajstić information content (AvgIpc) is 3.62. The molecule has 0 spiro atoms. The largest absolute Gasteiger partial charge is 0.497 e. The first-order valence-corrected chi connectivity index (χ1v) is 22.2. The highest BCUT2D eigenvalue weighted by molar-refractivity contribution is 7.22. The van der Waals surface area contributed by atoms with Crippen molar-refractivity contribution in [2.24, 2.45) is 16.2 Å². The molecular formula is C45H59N9O6S. The molecule has 5 aliphatic rings. The van der Waals surface area contributed by atoms with Crippen molar-refractivity contribution < 1.29 is 29.6 Å². The number of aliphatic hydroxyl groups excluding tert-OH is 2. The van der Waals surface area contributed by atoms with Gasteiger partial charge in [0, 0.05) is 59.9 Å². The highest BCUT2D eigenvalue weighted by Gasteiger charge is 2.66. The number of aromatic carboxylic acids is 1. The van der Waals surface area contributed by atoms with E-state index < -0.39 is 12.1 Å². The number of ether oxygens (including phenoxy) is 2. The van der Waals surface area contributed by atoms with Gasteiger partial charge in [0.05, 0.1) is 42.2 Å². The van der Waals surface area contributed by atoms with Gasteiger partial charge in [0.1, 0.15) is 11.6 Å². The van der Waals surface area contributed by atoms with Crippen molar-refractivity contribution in [2.75, 3.05) is 56.7 Å². The lowest BCUT2D eigenvalue weighted by atomic mass is 9.39. The van der Waals surface area contributed by atoms with Crippen molar-refractivity contribution >= 4 is 61.9 Å². The van der Waals surface area contributed by atoms with Gasteiger partial charge in [-0.3, -0.25) is 0 Å². The summed E-state index contributed by atoms with van der Waals surface area (Å²) in [5.74, 6) is 1.30. The van der Waals surface area contributed by atoms with Crippen LogP contribution in [0.4, 0.5) is 22.6 Å². The molecule has 4 aliphatic carbocycles. The molecule has 16 heteroatoms. The van der Waals surface area contributed by atoms with Gasteiger partial charge in [-0.15, -0.1) is 10.2 Å². The molecule has 4 heterocycles. The quantitative estimate of drug-likeness (QED) is 0.0407. The Balaban J connectivity index is 0.992. The highest BCUT2D eigenvalue weighted by Crippen LogP contribution is 2.71. The van der Waals surface area contributed by atoms with Crippen LogP contribution >= 0.6 is 11.3 Å². The minimum Gasteiger partial charge on any atom is -0.497 e. The van der Waals surface area contributed by atoms with E-state index in [4.69, 9.17) is 30.0 Å². The van der Waals surface area contributed by atoms with E-state index in [0.29, 0.717) is 72.9 Å². The number of aromatic nitrogens is 4. The number of pyridine rings is 1. The highest BCUT2D eigenvalue weighted by atomic mass is 32.1. The monoisotopic (exact) mass is 853 g/mol. The number of fused-ring (bicyclic) bond motifs is 2. The molecule has 7 N–H and O–H groups in total. The number of methoxy groups -OCH3 is 1. The van der Waals surface area contributed by atoms with E-state index in [2.05, 4.69) is 40.0 Å². The normalized spacial score (nSPS) is 26.2. The first-order chi connectivity index (χ1) is 29.2. The Kier molecular flexibility index (Phi) is 11.9. The summed E-state index contributed by atoms with van der Waals surface area (Å²) in [6.07, 6.45) is 8.99. The molecular weight excluding hydrogens is 795 g/mol. The Morgan fingerprint density at radius 1 is 1.07 bits per heavy atom. The molecule has 15 nitrogen and oxygen atoms in total. The van der Waals surface area contributed by atoms with Gasteiger partial charge < -0.3 is 51.1 Å². The number of aliphatic hydroxyl groups is 2. The number of benzene rings is 1. The van der Waals surface area contributed by atoms with Gasteiger partial charge in [0.15, 0.2) is 22.5 Å². The van der Waals surface area contributed by atoms with Crippen LogP contribution in [0, 0.1) is 28.6 Å². The molecule has 1 aliphatic heterocycles. The fourth-order valence-electron chi connectivity index (χ4n) is 11.9. The van der Waals surface area contributed by atoms with Crippen LogP contribution in [0.2, 0.25) is 0 Å². The van der Waals surface area contributed by atoms with Crippen LogP contribution in [-0.2, 0) is 11.2 Å². The molecule has 4 fully saturated rings. The van der Waals surface area contributed by atoms with Gasteiger partial charge >= 0.3 is 5.97 Å². The number of carbonyl (C=O) groups is 1. The smallest absolute Gasteiger partial charge is 0.355 e. The minimum absolute atomic E-state index is 0.0121. The Morgan fingerprint density at radius 3 is 2.57 bits per heavy atom. The Labute approximate surface area is 360 Å². The van der Waals surface area contributed by atoms with E-state index in [1.165, 1.54) is 24.0 Å². The second-order valence-corrected chi connectivity index (χ2v) is 19.7. The van der Waals surface area contributed by atoms with Crippen molar-refractivity contribution in [1.82, 2.24) is 30.8 Å². The Morgan fingerprint density at radius 2 is 1.85 bits per heavy atom. The summed E-state index contributed by atoms with van der Waals surface area (Å²) in [4.78, 5) is 24.3. The molecule has 4 saturated carbocycles. The molecule has 0 radical (unpaired) electrons. The van der Waals surface area contributed by atoms with Gasteiger partial charge in [-0.1, -0.05) is 25.2 Å². The number of carboxylic acid groups (broad SMARTS) is 1. The number of anilines is 4. The second-order valence-electron chi connectivity index (χ2n) is 18.7. The lowest BCUT2D eigenvalue weighted by Crippen LogP contribution is -2.65. The zero-order valence-electron chi connectivity index (χ0n) is 35.9. The molecule has 4 aromatic rings. The number of nitrogens with one attached hydrogen (secondary N) is 4. The predicted octanol–water partition coefficient (Wildman–Crippen LogP) is 6.76. The molecule has 0 amide bonds. The maximum absolute atomic E-state index is 12.9. The summed E-state index contributed by atoms with van der Waals surface area (Å²) in [5, 5.41) is 58.1. The van der Waals surface area contributed by atoms with Crippen LogP contribution in [0.1, 0.15) is 99.3 Å². The summed E-state index contributed by atoms with van der Waals surface area (Å²) >= 11 is 1.52. The van der Waals surface area contributed by atoms with E-state index in [1.54, 1.807) is 13.2 Å². The first-order valence-electron chi connectivity index (χ1n) is 21.4. The molecule has 2 unspecified atom stereocenters. The van der Waals surface area contributed by atoms with Crippen LogP contribution in [0.5, 0.6) is 5.75 Å². The van der Waals surface area contributed by atoms with E-state index in [1.807, 2.05) is 43.0 Å². The van der Waals surface area contributed by atoms with Gasteiger partial charge in [0.2, 0.25) is 0 Å². The predicted molar refractivity (Wildman–Crippen MR) is 238 cm³/mol. The summed E-state index contributed by atoms with van der Waals surface area (Å²) in [7, 11) is 1.63. The summed E-state index contributed by atoms with van der Waals surface area (Å²) in [6, 6.07) is 9.38.